The molecule has 31 heavy (non-hydrogen) atoms. The monoisotopic (exact) mass is 450 g/mol. The SMILES string of the molecule is OCC1O[C@@H](c2ccc(Cl)c(Cc3ccc(O[C@H]4CCOC4)cc3)c2)[C@H](O)[C@H](O)[C@@H]1O. The van der Waals surface area contributed by atoms with Gasteiger partial charge in [0.2, 0.25) is 0 Å². The average molecular weight is 451 g/mol. The number of halogens is 1. The van der Waals surface area contributed by atoms with Crippen LogP contribution >= 0.6 is 11.6 Å². The van der Waals surface area contributed by atoms with Gasteiger partial charge < -0.3 is 34.6 Å². The van der Waals surface area contributed by atoms with Crippen LogP contribution in [0.5, 0.6) is 5.75 Å². The molecular weight excluding hydrogens is 424 g/mol. The summed E-state index contributed by atoms with van der Waals surface area (Å²) < 4.78 is 16.9. The van der Waals surface area contributed by atoms with Crippen molar-refractivity contribution in [2.24, 2.45) is 0 Å². The molecule has 8 heteroatoms. The van der Waals surface area contributed by atoms with Gasteiger partial charge >= 0.3 is 0 Å². The highest BCUT2D eigenvalue weighted by Gasteiger charge is 2.44. The predicted octanol–water partition coefficient (Wildman–Crippen LogP) is 1.61. The van der Waals surface area contributed by atoms with Crippen LogP contribution in [0.2, 0.25) is 5.02 Å². The molecule has 6 atom stereocenters. The summed E-state index contributed by atoms with van der Waals surface area (Å²) in [5.74, 6) is 0.792. The zero-order chi connectivity index (χ0) is 22.0. The molecule has 4 N–H and O–H groups in total. The van der Waals surface area contributed by atoms with Crippen LogP contribution in [0.25, 0.3) is 0 Å². The van der Waals surface area contributed by atoms with Crippen LogP contribution in [-0.4, -0.2) is 70.8 Å². The van der Waals surface area contributed by atoms with E-state index in [4.69, 9.17) is 25.8 Å². The van der Waals surface area contributed by atoms with Gasteiger partial charge in [0.25, 0.3) is 0 Å². The maximum absolute atomic E-state index is 10.4. The molecule has 0 radical (unpaired) electrons. The summed E-state index contributed by atoms with van der Waals surface area (Å²) in [6.07, 6.45) is -4.46. The van der Waals surface area contributed by atoms with Crippen LogP contribution in [0, 0.1) is 0 Å². The molecular formula is C23H27ClO7. The first-order valence-electron chi connectivity index (χ1n) is 10.4. The molecule has 2 saturated heterocycles. The number of ether oxygens (including phenoxy) is 3. The Hall–Kier alpha value is -1.71. The lowest BCUT2D eigenvalue weighted by Crippen LogP contribution is -2.55. The normalized spacial score (nSPS) is 31.0. The molecule has 0 spiro atoms. The molecule has 0 aromatic heterocycles. The topological polar surface area (TPSA) is 109 Å². The van der Waals surface area contributed by atoms with Gasteiger partial charge in [-0.3, -0.25) is 0 Å². The molecule has 2 aromatic carbocycles. The van der Waals surface area contributed by atoms with Crippen LogP contribution in [0.15, 0.2) is 42.5 Å². The van der Waals surface area contributed by atoms with E-state index in [9.17, 15) is 20.4 Å². The Bertz CT molecular complexity index is 867. The van der Waals surface area contributed by atoms with Crippen molar-refractivity contribution in [3.8, 4) is 5.75 Å². The Kier molecular flexibility index (Phi) is 7.13. The largest absolute Gasteiger partial charge is 0.488 e. The van der Waals surface area contributed by atoms with Crippen LogP contribution < -0.4 is 4.74 Å². The third-order valence-electron chi connectivity index (χ3n) is 5.80. The van der Waals surface area contributed by atoms with Crippen molar-refractivity contribution in [1.29, 1.82) is 0 Å². The molecule has 7 nitrogen and oxygen atoms in total. The lowest BCUT2D eigenvalue weighted by atomic mass is 9.90. The Morgan fingerprint density at radius 3 is 2.45 bits per heavy atom. The Morgan fingerprint density at radius 2 is 1.77 bits per heavy atom. The second kappa shape index (κ2) is 9.83. The molecule has 0 amide bonds. The second-order valence-electron chi connectivity index (χ2n) is 8.02. The summed E-state index contributed by atoms with van der Waals surface area (Å²) >= 11 is 6.40. The Labute approximate surface area is 185 Å². The van der Waals surface area contributed by atoms with E-state index in [1.807, 2.05) is 30.3 Å². The molecule has 1 unspecified atom stereocenters. The first kappa shape index (κ1) is 22.5. The highest BCUT2D eigenvalue weighted by molar-refractivity contribution is 6.31. The predicted molar refractivity (Wildman–Crippen MR) is 113 cm³/mol. The fourth-order valence-corrected chi connectivity index (χ4v) is 4.17. The maximum Gasteiger partial charge on any atom is 0.124 e. The van der Waals surface area contributed by atoms with Crippen molar-refractivity contribution in [2.75, 3.05) is 19.8 Å². The van der Waals surface area contributed by atoms with Crippen LogP contribution in [0.4, 0.5) is 0 Å². The molecule has 2 fully saturated rings. The zero-order valence-electron chi connectivity index (χ0n) is 16.9. The Balaban J connectivity index is 1.49. The number of hydrogen-bond acceptors (Lipinski definition) is 7. The van der Waals surface area contributed by atoms with Crippen molar-refractivity contribution in [3.05, 3.63) is 64.2 Å². The smallest absolute Gasteiger partial charge is 0.124 e. The molecule has 2 aliphatic heterocycles. The molecule has 2 heterocycles. The van der Waals surface area contributed by atoms with Gasteiger partial charge in [-0.25, -0.2) is 0 Å². The third-order valence-corrected chi connectivity index (χ3v) is 6.17. The lowest BCUT2D eigenvalue weighted by molar-refractivity contribution is -0.231. The van der Waals surface area contributed by atoms with E-state index in [-0.39, 0.29) is 6.10 Å². The van der Waals surface area contributed by atoms with Crippen LogP contribution in [0.3, 0.4) is 0 Å². The summed E-state index contributed by atoms with van der Waals surface area (Å²) in [5, 5.41) is 40.5. The summed E-state index contributed by atoms with van der Waals surface area (Å²) in [6.45, 7) is 0.872. The van der Waals surface area contributed by atoms with Gasteiger partial charge in [-0.15, -0.1) is 0 Å². The highest BCUT2D eigenvalue weighted by Crippen LogP contribution is 2.34. The first-order valence-corrected chi connectivity index (χ1v) is 10.8. The van der Waals surface area contributed by atoms with E-state index in [1.54, 1.807) is 12.1 Å². The van der Waals surface area contributed by atoms with Crippen molar-refractivity contribution in [2.45, 2.75) is 49.5 Å². The standard InChI is InChI=1S/C23H27ClO7/c24-18-6-3-14(23-22(28)21(27)20(26)19(11-25)31-23)10-15(18)9-13-1-4-16(5-2-13)30-17-7-8-29-12-17/h1-6,10,17,19-23,25-28H,7-9,11-12H2/t17-,19?,20+,21+,22+,23-/m0/s1. The van der Waals surface area contributed by atoms with Gasteiger partial charge in [-0.2, -0.15) is 0 Å². The minimum absolute atomic E-state index is 0.0931. The van der Waals surface area contributed by atoms with E-state index in [0.717, 1.165) is 29.9 Å². The minimum atomic E-state index is -1.42. The summed E-state index contributed by atoms with van der Waals surface area (Å²) in [7, 11) is 0. The molecule has 0 aliphatic carbocycles. The summed E-state index contributed by atoms with van der Waals surface area (Å²) in [5.41, 5.74) is 2.47. The van der Waals surface area contributed by atoms with Crippen LogP contribution in [-0.2, 0) is 15.9 Å². The number of benzene rings is 2. The van der Waals surface area contributed by atoms with Gasteiger partial charge in [0.05, 0.1) is 19.8 Å². The van der Waals surface area contributed by atoms with Gasteiger partial charge in [-0.05, 0) is 41.3 Å². The average Bonchev–Trinajstić information content (AvgIpc) is 3.28. The molecule has 2 aromatic rings. The number of aliphatic hydroxyl groups excluding tert-OH is 4. The summed E-state index contributed by atoms with van der Waals surface area (Å²) in [6, 6.07) is 13.0. The number of aliphatic hydroxyl groups is 4. The third kappa shape index (κ3) is 5.04. The molecule has 0 saturated carbocycles. The second-order valence-corrected chi connectivity index (χ2v) is 8.43. The number of rotatable bonds is 6. The van der Waals surface area contributed by atoms with Crippen molar-refractivity contribution in [1.82, 2.24) is 0 Å². The van der Waals surface area contributed by atoms with Crippen LogP contribution in [0.1, 0.15) is 29.2 Å². The fourth-order valence-electron chi connectivity index (χ4n) is 3.99. The quantitative estimate of drug-likeness (QED) is 0.529. The van der Waals surface area contributed by atoms with Gasteiger partial charge in [0, 0.05) is 11.4 Å². The maximum atomic E-state index is 10.4. The molecule has 168 valence electrons. The summed E-state index contributed by atoms with van der Waals surface area (Å²) in [4.78, 5) is 0. The lowest BCUT2D eigenvalue weighted by Gasteiger charge is -2.40. The first-order chi connectivity index (χ1) is 15.0. The van der Waals surface area contributed by atoms with Gasteiger partial charge in [-0.1, -0.05) is 35.9 Å². The van der Waals surface area contributed by atoms with Crippen molar-refractivity contribution >= 4 is 11.6 Å². The van der Waals surface area contributed by atoms with Crippen molar-refractivity contribution < 1.29 is 34.6 Å². The van der Waals surface area contributed by atoms with Crippen molar-refractivity contribution in [3.63, 3.8) is 0 Å². The molecule has 4 rings (SSSR count). The van der Waals surface area contributed by atoms with Gasteiger partial charge in [0.15, 0.2) is 0 Å². The van der Waals surface area contributed by atoms with Gasteiger partial charge in [0.1, 0.15) is 42.4 Å². The molecule has 2 aliphatic rings. The van der Waals surface area contributed by atoms with E-state index in [0.29, 0.717) is 23.6 Å². The highest BCUT2D eigenvalue weighted by atomic mass is 35.5. The zero-order valence-corrected chi connectivity index (χ0v) is 17.7. The minimum Gasteiger partial charge on any atom is -0.488 e. The molecule has 0 bridgehead atoms. The van der Waals surface area contributed by atoms with E-state index < -0.39 is 37.1 Å². The fraction of sp³-hybridized carbons (Fsp3) is 0.478. The van der Waals surface area contributed by atoms with E-state index in [1.165, 1.54) is 0 Å². The Morgan fingerprint density at radius 1 is 1.00 bits per heavy atom. The van der Waals surface area contributed by atoms with E-state index in [2.05, 4.69) is 0 Å². The number of hydrogen-bond donors (Lipinski definition) is 4. The van der Waals surface area contributed by atoms with E-state index >= 15 is 0 Å².